The molecule has 202 valence electrons. The maximum absolute atomic E-state index is 13.9. The molecule has 1 spiro atoms. The molecule has 0 aromatic heterocycles. The first kappa shape index (κ1) is 26.2. The summed E-state index contributed by atoms with van der Waals surface area (Å²) in [6.45, 7) is 1.03. The summed E-state index contributed by atoms with van der Waals surface area (Å²) in [4.78, 5) is 42.9. The summed E-state index contributed by atoms with van der Waals surface area (Å²) < 4.78 is 6.52. The molecule has 5 atom stereocenters. The Morgan fingerprint density at radius 2 is 1.76 bits per heavy atom. The van der Waals surface area contributed by atoms with Crippen LogP contribution >= 0.6 is 0 Å². The molecule has 1 aromatic carbocycles. The van der Waals surface area contributed by atoms with Gasteiger partial charge >= 0.3 is 0 Å². The van der Waals surface area contributed by atoms with Crippen molar-refractivity contribution in [3.8, 4) is 0 Å². The zero-order chi connectivity index (χ0) is 25.8. The van der Waals surface area contributed by atoms with Gasteiger partial charge in [0.1, 0.15) is 11.6 Å². The number of hydrogen-bond donors (Lipinski definition) is 3. The number of hydrogen-bond acceptors (Lipinski definition) is 5. The van der Waals surface area contributed by atoms with E-state index < -0.39 is 23.5 Å². The van der Waals surface area contributed by atoms with Crippen molar-refractivity contribution in [2.45, 2.75) is 101 Å². The molecule has 3 aliphatic heterocycles. The molecular formula is C29H41N3O5. The zero-order valence-electron chi connectivity index (χ0n) is 21.7. The van der Waals surface area contributed by atoms with Gasteiger partial charge in [-0.1, -0.05) is 62.4 Å². The third kappa shape index (κ3) is 5.15. The molecule has 2 bridgehead atoms. The Bertz CT molecular complexity index is 966. The van der Waals surface area contributed by atoms with Gasteiger partial charge < -0.3 is 25.4 Å². The molecule has 1 saturated carbocycles. The summed E-state index contributed by atoms with van der Waals surface area (Å²) in [5, 5.41) is 15.4. The highest BCUT2D eigenvalue weighted by Gasteiger charge is 2.74. The van der Waals surface area contributed by atoms with Crippen molar-refractivity contribution in [1.82, 2.24) is 15.5 Å². The second-order valence-corrected chi connectivity index (χ2v) is 11.3. The fourth-order valence-electron chi connectivity index (χ4n) is 7.17. The number of unbranched alkanes of at least 4 members (excludes halogenated alkanes) is 3. The maximum atomic E-state index is 13.9. The molecule has 3 saturated heterocycles. The number of aliphatic hydroxyl groups excluding tert-OH is 1. The number of nitrogens with zero attached hydrogens (tertiary/aromatic N) is 1. The van der Waals surface area contributed by atoms with Crippen molar-refractivity contribution in [1.29, 1.82) is 0 Å². The van der Waals surface area contributed by atoms with Crippen LogP contribution in [0.2, 0.25) is 0 Å². The fraction of sp³-hybridized carbons (Fsp3) is 0.690. The lowest BCUT2D eigenvalue weighted by Crippen LogP contribution is -2.57. The summed E-state index contributed by atoms with van der Waals surface area (Å²) in [5.74, 6) is -1.60. The van der Waals surface area contributed by atoms with E-state index in [1.165, 1.54) is 6.42 Å². The van der Waals surface area contributed by atoms with Gasteiger partial charge in [0.15, 0.2) is 0 Å². The summed E-state index contributed by atoms with van der Waals surface area (Å²) in [6, 6.07) is 9.18. The van der Waals surface area contributed by atoms with Gasteiger partial charge in [-0.05, 0) is 44.1 Å². The van der Waals surface area contributed by atoms with Gasteiger partial charge in [0, 0.05) is 25.7 Å². The van der Waals surface area contributed by atoms with Crippen molar-refractivity contribution in [2.75, 3.05) is 13.2 Å². The second kappa shape index (κ2) is 11.5. The number of nitrogens with one attached hydrogen (secondary N) is 2. The molecule has 4 aliphatic rings. The predicted molar refractivity (Wildman–Crippen MR) is 138 cm³/mol. The largest absolute Gasteiger partial charge is 0.396 e. The van der Waals surface area contributed by atoms with Crippen LogP contribution in [-0.4, -0.2) is 64.7 Å². The quantitative estimate of drug-likeness (QED) is 0.396. The minimum atomic E-state index is -0.930. The van der Waals surface area contributed by atoms with Crippen LogP contribution < -0.4 is 10.6 Å². The van der Waals surface area contributed by atoms with Gasteiger partial charge in [0.25, 0.3) is 0 Å². The van der Waals surface area contributed by atoms with Gasteiger partial charge in [-0.3, -0.25) is 14.4 Å². The van der Waals surface area contributed by atoms with E-state index >= 15 is 0 Å². The zero-order valence-corrected chi connectivity index (χ0v) is 21.7. The third-order valence-electron chi connectivity index (χ3n) is 8.92. The first-order valence-corrected chi connectivity index (χ1v) is 14.3. The highest BCUT2D eigenvalue weighted by atomic mass is 16.5. The topological polar surface area (TPSA) is 108 Å². The number of carbonyl (C=O) groups excluding carboxylic acids is 3. The van der Waals surface area contributed by atoms with Gasteiger partial charge in [-0.2, -0.15) is 0 Å². The smallest absolute Gasteiger partial charge is 0.246 e. The summed E-state index contributed by atoms with van der Waals surface area (Å²) >= 11 is 0. The van der Waals surface area contributed by atoms with E-state index in [1.807, 2.05) is 30.3 Å². The van der Waals surface area contributed by atoms with E-state index in [0.29, 0.717) is 25.9 Å². The van der Waals surface area contributed by atoms with Gasteiger partial charge in [0.05, 0.1) is 17.9 Å². The number of aliphatic hydroxyl groups is 1. The molecule has 3 amide bonds. The molecule has 37 heavy (non-hydrogen) atoms. The van der Waals surface area contributed by atoms with Crippen LogP contribution in [0, 0.1) is 11.8 Å². The molecule has 1 aromatic rings. The van der Waals surface area contributed by atoms with Crippen LogP contribution in [0.15, 0.2) is 30.3 Å². The van der Waals surface area contributed by atoms with Gasteiger partial charge in [-0.15, -0.1) is 0 Å². The molecule has 2 unspecified atom stereocenters. The maximum Gasteiger partial charge on any atom is 0.246 e. The number of fused-ring (bicyclic) bond motifs is 1. The lowest BCUT2D eigenvalue weighted by atomic mass is 9.70. The van der Waals surface area contributed by atoms with Crippen molar-refractivity contribution in [3.63, 3.8) is 0 Å². The fourth-order valence-corrected chi connectivity index (χ4v) is 7.17. The first-order valence-electron chi connectivity index (χ1n) is 14.3. The standard InChI is InChI=1S/C29H41N3O5/c33-18-10-2-1-9-17-32-25(27(35)31-21-13-7-4-8-14-21)29-16-15-22(37-29)23(24(29)28(32)36)26(34)30-19-20-11-5-3-6-12-20/h3,5-6,11-12,21-25,33H,1-2,4,7-10,13-19H2,(H,30,34)(H,31,35)/t22-,23+,24+,25?,29?/m1/s1. The predicted octanol–water partition coefficient (Wildman–Crippen LogP) is 2.68. The number of carbonyl (C=O) groups is 3. The SMILES string of the molecule is O=C(NC1CCCCC1)C1N(CCCCCCO)C(=O)[C@@H]2[C@@H](C(=O)NCc3ccccc3)[C@H]3CCC12O3. The normalized spacial score (nSPS) is 30.9. The van der Waals surface area contributed by atoms with E-state index in [2.05, 4.69) is 10.6 Å². The monoisotopic (exact) mass is 511 g/mol. The summed E-state index contributed by atoms with van der Waals surface area (Å²) in [5.41, 5.74) is 0.0713. The Morgan fingerprint density at radius 1 is 1.00 bits per heavy atom. The van der Waals surface area contributed by atoms with Crippen molar-refractivity contribution in [3.05, 3.63) is 35.9 Å². The van der Waals surface area contributed by atoms with Crippen LogP contribution in [0.3, 0.4) is 0 Å². The molecule has 1 aliphatic carbocycles. The van der Waals surface area contributed by atoms with E-state index in [4.69, 9.17) is 9.84 Å². The van der Waals surface area contributed by atoms with Gasteiger partial charge in [0.2, 0.25) is 17.7 Å². The molecule has 3 N–H and O–H groups in total. The molecule has 3 heterocycles. The molecular weight excluding hydrogens is 470 g/mol. The highest BCUT2D eigenvalue weighted by Crippen LogP contribution is 2.58. The second-order valence-electron chi connectivity index (χ2n) is 11.3. The lowest BCUT2D eigenvalue weighted by Gasteiger charge is -2.35. The Hall–Kier alpha value is -2.45. The Morgan fingerprint density at radius 3 is 2.51 bits per heavy atom. The molecule has 8 heteroatoms. The molecule has 4 fully saturated rings. The van der Waals surface area contributed by atoms with Crippen molar-refractivity contribution < 1.29 is 24.2 Å². The van der Waals surface area contributed by atoms with Crippen LogP contribution in [0.4, 0.5) is 0 Å². The Balaban J connectivity index is 1.34. The lowest BCUT2D eigenvalue weighted by molar-refractivity contribution is -0.142. The van der Waals surface area contributed by atoms with Gasteiger partial charge in [-0.25, -0.2) is 0 Å². The summed E-state index contributed by atoms with van der Waals surface area (Å²) in [7, 11) is 0. The first-order chi connectivity index (χ1) is 18.0. The van der Waals surface area contributed by atoms with E-state index in [9.17, 15) is 14.4 Å². The Kier molecular flexibility index (Phi) is 8.15. The van der Waals surface area contributed by atoms with E-state index in [-0.39, 0.29) is 36.5 Å². The number of benzene rings is 1. The third-order valence-corrected chi connectivity index (χ3v) is 8.92. The molecule has 8 nitrogen and oxygen atoms in total. The minimum Gasteiger partial charge on any atom is -0.396 e. The highest BCUT2D eigenvalue weighted by molar-refractivity contribution is 5.99. The van der Waals surface area contributed by atoms with Crippen LogP contribution in [0.25, 0.3) is 0 Å². The van der Waals surface area contributed by atoms with Crippen molar-refractivity contribution >= 4 is 17.7 Å². The molecule has 0 radical (unpaired) electrons. The van der Waals surface area contributed by atoms with E-state index in [1.54, 1.807) is 4.90 Å². The number of amides is 3. The van der Waals surface area contributed by atoms with E-state index in [0.717, 1.165) is 56.9 Å². The number of likely N-dealkylation sites (tertiary alicyclic amines) is 1. The van der Waals surface area contributed by atoms with Crippen LogP contribution in [-0.2, 0) is 25.7 Å². The minimum absolute atomic E-state index is 0.118. The van der Waals surface area contributed by atoms with Crippen LogP contribution in [0.5, 0.6) is 0 Å². The Labute approximate surface area is 219 Å². The number of rotatable bonds is 11. The average molecular weight is 512 g/mol. The molecule has 5 rings (SSSR count). The van der Waals surface area contributed by atoms with Crippen molar-refractivity contribution in [2.24, 2.45) is 11.8 Å². The summed E-state index contributed by atoms with van der Waals surface area (Å²) in [6.07, 6.45) is 9.60. The average Bonchev–Trinajstić information content (AvgIpc) is 3.56. The van der Waals surface area contributed by atoms with Crippen LogP contribution in [0.1, 0.15) is 76.2 Å². The number of ether oxygens (including phenoxy) is 1.